The van der Waals surface area contributed by atoms with Gasteiger partial charge in [0.2, 0.25) is 0 Å². The molecule has 0 saturated heterocycles. The number of ether oxygens (including phenoxy) is 2. The molecule has 0 spiro atoms. The Hall–Kier alpha value is -3.67. The molecule has 34 heavy (non-hydrogen) atoms. The third-order valence-corrected chi connectivity index (χ3v) is 5.89. The van der Waals surface area contributed by atoms with Gasteiger partial charge in [0.1, 0.15) is 18.2 Å². The topological polar surface area (TPSA) is 53.4 Å². The van der Waals surface area contributed by atoms with Gasteiger partial charge in [0.15, 0.2) is 0 Å². The summed E-state index contributed by atoms with van der Waals surface area (Å²) in [6, 6.07) is 28.9. The van der Waals surface area contributed by atoms with Crippen LogP contribution in [0.1, 0.15) is 0 Å². The van der Waals surface area contributed by atoms with Crippen LogP contribution in [0, 0.1) is 0 Å². The first-order valence-electron chi connectivity index (χ1n) is 11.1. The molecule has 5 rings (SSSR count). The lowest BCUT2D eigenvalue weighted by Gasteiger charge is -2.14. The molecular weight excluding hydrogens is 448 g/mol. The van der Waals surface area contributed by atoms with E-state index in [1.807, 2.05) is 60.7 Å². The summed E-state index contributed by atoms with van der Waals surface area (Å²) >= 11 is 6.05. The van der Waals surface area contributed by atoms with E-state index in [0.29, 0.717) is 48.1 Å². The molecule has 0 aliphatic heterocycles. The number of para-hydroxylation sites is 1. The van der Waals surface area contributed by atoms with Crippen LogP contribution in [0.2, 0.25) is 5.02 Å². The third-order valence-electron chi connectivity index (χ3n) is 5.64. The summed E-state index contributed by atoms with van der Waals surface area (Å²) in [6.07, 6.45) is 0. The molecule has 0 fully saturated rings. The summed E-state index contributed by atoms with van der Waals surface area (Å²) in [5.41, 5.74) is 1.40. The maximum atomic E-state index is 13.2. The maximum absolute atomic E-state index is 13.2. The van der Waals surface area contributed by atoms with Crippen LogP contribution in [0.15, 0.2) is 95.8 Å². The van der Waals surface area contributed by atoms with E-state index in [4.69, 9.17) is 26.1 Å². The van der Waals surface area contributed by atoms with Gasteiger partial charge in [-0.2, -0.15) is 0 Å². The van der Waals surface area contributed by atoms with Crippen molar-refractivity contribution in [2.45, 2.75) is 6.54 Å². The molecule has 0 saturated carbocycles. The summed E-state index contributed by atoms with van der Waals surface area (Å²) in [7, 11) is 0. The highest BCUT2D eigenvalue weighted by Crippen LogP contribution is 2.22. The second kappa shape index (κ2) is 10.1. The molecule has 4 aromatic carbocycles. The zero-order valence-electron chi connectivity index (χ0n) is 18.5. The predicted molar refractivity (Wildman–Crippen MR) is 137 cm³/mol. The molecule has 0 unspecified atom stereocenters. The van der Waals surface area contributed by atoms with Crippen molar-refractivity contribution in [3.05, 3.63) is 106 Å². The Morgan fingerprint density at radius 3 is 2.41 bits per heavy atom. The number of hydrogen-bond acceptors (Lipinski definition) is 4. The molecule has 170 valence electrons. The first-order valence-corrected chi connectivity index (χ1v) is 11.5. The molecule has 0 aliphatic rings. The Balaban J connectivity index is 1.25. The normalized spacial score (nSPS) is 11.2. The average Bonchev–Trinajstić information content (AvgIpc) is 2.87. The highest BCUT2D eigenvalue weighted by Gasteiger charge is 2.12. The average molecular weight is 471 g/mol. The predicted octanol–water partition coefficient (Wildman–Crippen LogP) is 5.97. The van der Waals surface area contributed by atoms with Crippen molar-refractivity contribution in [3.63, 3.8) is 0 Å². The first kappa shape index (κ1) is 22.1. The van der Waals surface area contributed by atoms with Crippen LogP contribution in [0.4, 0.5) is 0 Å². The van der Waals surface area contributed by atoms with Crippen LogP contribution in [-0.4, -0.2) is 29.4 Å². The number of aromatic nitrogens is 2. The lowest BCUT2D eigenvalue weighted by Crippen LogP contribution is -2.26. The van der Waals surface area contributed by atoms with Crippen molar-refractivity contribution in [1.29, 1.82) is 0 Å². The number of benzene rings is 4. The smallest absolute Gasteiger partial charge is 0.261 e. The molecule has 0 N–H and O–H groups in total. The lowest BCUT2D eigenvalue weighted by molar-refractivity contribution is 0.0941. The SMILES string of the molecule is O=c1c2ccccc2nc(-c2ccc(Cl)cc2)n1CCOCCOc1ccc2ccccc2c1. The van der Waals surface area contributed by atoms with Crippen LogP contribution >= 0.6 is 11.6 Å². The molecule has 0 atom stereocenters. The standard InChI is InChI=1S/C28H23ClN2O3/c29-23-12-9-21(10-13-23)27-30-26-8-4-3-7-25(26)28(32)31(27)15-16-33-17-18-34-24-14-11-20-5-1-2-6-22(20)19-24/h1-14,19H,15-18H2. The van der Waals surface area contributed by atoms with Gasteiger partial charge in [-0.25, -0.2) is 4.98 Å². The fourth-order valence-corrected chi connectivity index (χ4v) is 4.05. The maximum Gasteiger partial charge on any atom is 0.261 e. The number of fused-ring (bicyclic) bond motifs is 2. The van der Waals surface area contributed by atoms with Gasteiger partial charge in [-0.3, -0.25) is 9.36 Å². The Kier molecular flexibility index (Phi) is 6.56. The van der Waals surface area contributed by atoms with Crippen LogP contribution in [0.5, 0.6) is 5.75 Å². The van der Waals surface area contributed by atoms with Gasteiger partial charge in [0, 0.05) is 10.6 Å². The molecule has 6 heteroatoms. The van der Waals surface area contributed by atoms with Gasteiger partial charge in [-0.1, -0.05) is 54.1 Å². The van der Waals surface area contributed by atoms with Crippen molar-refractivity contribution in [2.75, 3.05) is 19.8 Å². The highest BCUT2D eigenvalue weighted by molar-refractivity contribution is 6.30. The monoisotopic (exact) mass is 470 g/mol. The van der Waals surface area contributed by atoms with E-state index in [1.165, 1.54) is 5.39 Å². The van der Waals surface area contributed by atoms with Crippen molar-refractivity contribution < 1.29 is 9.47 Å². The molecule has 5 nitrogen and oxygen atoms in total. The second-order valence-corrected chi connectivity index (χ2v) is 8.32. The largest absolute Gasteiger partial charge is 0.491 e. The van der Waals surface area contributed by atoms with E-state index >= 15 is 0 Å². The fraction of sp³-hybridized carbons (Fsp3) is 0.143. The van der Waals surface area contributed by atoms with E-state index in [2.05, 4.69) is 12.1 Å². The van der Waals surface area contributed by atoms with Gasteiger partial charge in [0.05, 0.1) is 30.7 Å². The molecule has 0 amide bonds. The summed E-state index contributed by atoms with van der Waals surface area (Å²) in [4.78, 5) is 18.0. The van der Waals surface area contributed by atoms with Crippen molar-refractivity contribution >= 4 is 33.3 Å². The van der Waals surface area contributed by atoms with Crippen LogP contribution < -0.4 is 10.3 Å². The minimum absolute atomic E-state index is 0.0911. The van der Waals surface area contributed by atoms with E-state index in [9.17, 15) is 4.79 Å². The van der Waals surface area contributed by atoms with Gasteiger partial charge in [-0.15, -0.1) is 0 Å². The lowest BCUT2D eigenvalue weighted by atomic mass is 10.1. The van der Waals surface area contributed by atoms with Crippen molar-refractivity contribution in [3.8, 4) is 17.1 Å². The molecule has 0 aliphatic carbocycles. The molecule has 0 radical (unpaired) electrons. The van der Waals surface area contributed by atoms with Crippen LogP contribution in [0.25, 0.3) is 33.1 Å². The molecule has 1 heterocycles. The zero-order chi connectivity index (χ0) is 23.3. The van der Waals surface area contributed by atoms with E-state index in [1.54, 1.807) is 22.8 Å². The summed E-state index contributed by atoms with van der Waals surface area (Å²) in [5, 5.41) is 3.53. The Bertz CT molecular complexity index is 1500. The number of rotatable bonds is 8. The van der Waals surface area contributed by atoms with Gasteiger partial charge >= 0.3 is 0 Å². The van der Waals surface area contributed by atoms with Crippen LogP contribution in [0.3, 0.4) is 0 Å². The molecule has 1 aromatic heterocycles. The summed E-state index contributed by atoms with van der Waals surface area (Å²) in [6.45, 7) is 1.58. The summed E-state index contributed by atoms with van der Waals surface area (Å²) < 4.78 is 13.3. The van der Waals surface area contributed by atoms with Gasteiger partial charge < -0.3 is 9.47 Å². The molecule has 5 aromatic rings. The zero-order valence-corrected chi connectivity index (χ0v) is 19.2. The Morgan fingerprint density at radius 1 is 0.794 bits per heavy atom. The molecular formula is C28H23ClN2O3. The van der Waals surface area contributed by atoms with Gasteiger partial charge in [-0.05, 0) is 59.3 Å². The fourth-order valence-electron chi connectivity index (χ4n) is 3.93. The van der Waals surface area contributed by atoms with Gasteiger partial charge in [0.25, 0.3) is 5.56 Å². The minimum atomic E-state index is -0.0911. The second-order valence-electron chi connectivity index (χ2n) is 7.89. The number of nitrogens with zero attached hydrogens (tertiary/aromatic N) is 2. The summed E-state index contributed by atoms with van der Waals surface area (Å²) in [5.74, 6) is 1.40. The Morgan fingerprint density at radius 2 is 1.56 bits per heavy atom. The quantitative estimate of drug-likeness (QED) is 0.262. The van der Waals surface area contributed by atoms with Crippen molar-refractivity contribution in [2.24, 2.45) is 0 Å². The third kappa shape index (κ3) is 4.81. The van der Waals surface area contributed by atoms with Crippen molar-refractivity contribution in [1.82, 2.24) is 9.55 Å². The first-order chi connectivity index (χ1) is 16.7. The Labute approximate surface area is 202 Å². The molecule has 0 bridgehead atoms. The minimum Gasteiger partial charge on any atom is -0.491 e. The highest BCUT2D eigenvalue weighted by atomic mass is 35.5. The number of halogens is 1. The van der Waals surface area contributed by atoms with Crippen LogP contribution in [-0.2, 0) is 11.3 Å². The van der Waals surface area contributed by atoms with E-state index in [0.717, 1.165) is 16.7 Å². The van der Waals surface area contributed by atoms with E-state index < -0.39 is 0 Å². The van der Waals surface area contributed by atoms with E-state index in [-0.39, 0.29) is 5.56 Å². The number of hydrogen-bond donors (Lipinski definition) is 0.